The lowest BCUT2D eigenvalue weighted by atomic mass is 9.98. The number of ether oxygens (including phenoxy) is 2. The number of nitrogens with one attached hydrogen (secondary N) is 2. The quantitative estimate of drug-likeness (QED) is 0.0762. The molecule has 1 heterocycles. The molecule has 1 aliphatic rings. The lowest BCUT2D eigenvalue weighted by Gasteiger charge is -2.39. The van der Waals surface area contributed by atoms with Crippen molar-refractivity contribution in [2.45, 2.75) is 95.7 Å². The number of carbonyl (C=O) groups excluding carboxylic acids is 2. The summed E-state index contributed by atoms with van der Waals surface area (Å²) in [5.41, 5.74) is 6.18. The summed E-state index contributed by atoms with van der Waals surface area (Å²) >= 11 is 0. The highest BCUT2D eigenvalue weighted by Crippen LogP contribution is 2.38. The van der Waals surface area contributed by atoms with Crippen LogP contribution in [-0.4, -0.2) is 57.9 Å². The SMILES string of the molecule is C[C@H]([C@@H](O)c1ccccc1)N(C)C[C@@H]1C[C@H](c2ccc(CO)cc2)O[C@H](c2ccc(CNC(=O)CCCCCCC(=O)NO)cc2)O1. The highest BCUT2D eigenvalue weighted by atomic mass is 16.7. The molecule has 5 atom stereocenters. The predicted octanol–water partition coefficient (Wildman–Crippen LogP) is 5.24. The third-order valence-corrected chi connectivity index (χ3v) is 8.82. The van der Waals surface area contributed by atoms with Crippen LogP contribution in [0.5, 0.6) is 0 Å². The molecular formula is C37H49N3O7. The van der Waals surface area contributed by atoms with Crippen molar-refractivity contribution in [2.75, 3.05) is 13.6 Å². The van der Waals surface area contributed by atoms with Gasteiger partial charge in [-0.05, 0) is 49.1 Å². The summed E-state index contributed by atoms with van der Waals surface area (Å²) in [6.45, 7) is 3.00. The van der Waals surface area contributed by atoms with E-state index < -0.39 is 12.4 Å². The molecule has 0 radical (unpaired) electrons. The summed E-state index contributed by atoms with van der Waals surface area (Å²) < 4.78 is 13.0. The number of aliphatic hydroxyl groups is 2. The van der Waals surface area contributed by atoms with Gasteiger partial charge in [0.25, 0.3) is 0 Å². The van der Waals surface area contributed by atoms with E-state index in [1.807, 2.05) is 92.8 Å². The summed E-state index contributed by atoms with van der Waals surface area (Å²) in [6.07, 6.45) is 2.80. The number of hydrogen-bond donors (Lipinski definition) is 5. The van der Waals surface area contributed by atoms with E-state index in [0.29, 0.717) is 32.4 Å². The zero-order valence-electron chi connectivity index (χ0n) is 27.4. The van der Waals surface area contributed by atoms with Crippen LogP contribution in [0.25, 0.3) is 0 Å². The molecular weight excluding hydrogens is 598 g/mol. The number of rotatable bonds is 17. The summed E-state index contributed by atoms with van der Waals surface area (Å²) in [4.78, 5) is 25.5. The second kappa shape index (κ2) is 18.6. The van der Waals surface area contributed by atoms with Crippen LogP contribution in [0.2, 0.25) is 0 Å². The Morgan fingerprint density at radius 2 is 1.47 bits per heavy atom. The van der Waals surface area contributed by atoms with E-state index in [1.54, 1.807) is 5.48 Å². The molecule has 1 fully saturated rings. The molecule has 3 aromatic carbocycles. The van der Waals surface area contributed by atoms with Gasteiger partial charge in [-0.15, -0.1) is 0 Å². The van der Waals surface area contributed by atoms with Gasteiger partial charge in [0.1, 0.15) is 0 Å². The number of benzene rings is 3. The van der Waals surface area contributed by atoms with Gasteiger partial charge in [-0.25, -0.2) is 5.48 Å². The highest BCUT2D eigenvalue weighted by molar-refractivity contribution is 5.75. The van der Waals surface area contributed by atoms with Crippen molar-refractivity contribution < 1.29 is 34.5 Å². The molecule has 3 aromatic rings. The van der Waals surface area contributed by atoms with Crippen LogP contribution < -0.4 is 10.8 Å². The third-order valence-electron chi connectivity index (χ3n) is 8.82. The molecule has 0 bridgehead atoms. The molecule has 1 saturated heterocycles. The molecule has 10 nitrogen and oxygen atoms in total. The van der Waals surface area contributed by atoms with Gasteiger partial charge in [-0.3, -0.25) is 19.7 Å². The van der Waals surface area contributed by atoms with Gasteiger partial charge in [0.05, 0.1) is 24.9 Å². The van der Waals surface area contributed by atoms with Crippen molar-refractivity contribution in [2.24, 2.45) is 0 Å². The normalized spacial score (nSPS) is 19.2. The number of amides is 2. The first-order chi connectivity index (χ1) is 22.8. The Morgan fingerprint density at radius 1 is 0.851 bits per heavy atom. The van der Waals surface area contributed by atoms with Crippen LogP contribution in [0, 0.1) is 0 Å². The summed E-state index contributed by atoms with van der Waals surface area (Å²) in [5, 5.41) is 32.0. The zero-order chi connectivity index (χ0) is 33.6. The average Bonchev–Trinajstić information content (AvgIpc) is 3.11. The van der Waals surface area contributed by atoms with E-state index in [-0.39, 0.29) is 43.1 Å². The summed E-state index contributed by atoms with van der Waals surface area (Å²) in [7, 11) is 2.00. The van der Waals surface area contributed by atoms with Crippen molar-refractivity contribution in [1.82, 2.24) is 15.7 Å². The first-order valence-corrected chi connectivity index (χ1v) is 16.5. The zero-order valence-corrected chi connectivity index (χ0v) is 27.4. The van der Waals surface area contributed by atoms with Gasteiger partial charge in [0.2, 0.25) is 11.8 Å². The minimum atomic E-state index is -0.640. The maximum atomic E-state index is 12.3. The topological polar surface area (TPSA) is 141 Å². The van der Waals surface area contributed by atoms with E-state index in [0.717, 1.165) is 47.1 Å². The smallest absolute Gasteiger partial charge is 0.243 e. The van der Waals surface area contributed by atoms with E-state index >= 15 is 0 Å². The van der Waals surface area contributed by atoms with Gasteiger partial charge in [-0.2, -0.15) is 0 Å². The largest absolute Gasteiger partial charge is 0.392 e. The third kappa shape index (κ3) is 11.2. The number of hydroxylamine groups is 1. The van der Waals surface area contributed by atoms with E-state index in [4.69, 9.17) is 14.7 Å². The first kappa shape index (κ1) is 36.2. The van der Waals surface area contributed by atoms with E-state index in [1.165, 1.54) is 0 Å². The summed E-state index contributed by atoms with van der Waals surface area (Å²) in [5.74, 6) is -0.407. The molecule has 47 heavy (non-hydrogen) atoms. The van der Waals surface area contributed by atoms with Gasteiger partial charge >= 0.3 is 0 Å². The Balaban J connectivity index is 1.34. The fourth-order valence-electron chi connectivity index (χ4n) is 5.75. The van der Waals surface area contributed by atoms with Crippen LogP contribution >= 0.6 is 0 Å². The Labute approximate surface area is 277 Å². The van der Waals surface area contributed by atoms with Gasteiger partial charge in [-0.1, -0.05) is 91.7 Å². The predicted molar refractivity (Wildman–Crippen MR) is 178 cm³/mol. The number of unbranched alkanes of at least 4 members (excludes halogenated alkanes) is 3. The Bertz CT molecular complexity index is 1370. The Morgan fingerprint density at radius 3 is 2.11 bits per heavy atom. The van der Waals surface area contributed by atoms with E-state index in [2.05, 4.69) is 10.2 Å². The van der Waals surface area contributed by atoms with Gasteiger partial charge < -0.3 is 25.0 Å². The van der Waals surface area contributed by atoms with Crippen molar-refractivity contribution in [3.63, 3.8) is 0 Å². The molecule has 4 rings (SSSR count). The molecule has 0 spiro atoms. The second-order valence-electron chi connectivity index (χ2n) is 12.4. The molecule has 0 saturated carbocycles. The van der Waals surface area contributed by atoms with Crippen LogP contribution in [0.4, 0.5) is 0 Å². The van der Waals surface area contributed by atoms with Crippen LogP contribution in [-0.2, 0) is 32.2 Å². The van der Waals surface area contributed by atoms with Gasteiger partial charge in [0, 0.05) is 44.0 Å². The molecule has 0 aromatic heterocycles. The molecule has 10 heteroatoms. The lowest BCUT2D eigenvalue weighted by molar-refractivity contribution is -0.253. The number of likely N-dealkylation sites (N-methyl/N-ethyl adjacent to an activating group) is 1. The Hall–Kier alpha value is -3.64. The molecule has 254 valence electrons. The van der Waals surface area contributed by atoms with Crippen LogP contribution in [0.1, 0.15) is 98.2 Å². The van der Waals surface area contributed by atoms with Crippen molar-refractivity contribution in [3.8, 4) is 0 Å². The van der Waals surface area contributed by atoms with Crippen molar-refractivity contribution in [1.29, 1.82) is 0 Å². The molecule has 1 aliphatic heterocycles. The van der Waals surface area contributed by atoms with E-state index in [9.17, 15) is 19.8 Å². The summed E-state index contributed by atoms with van der Waals surface area (Å²) in [6, 6.07) is 25.2. The Kier molecular flexibility index (Phi) is 14.4. The van der Waals surface area contributed by atoms with Crippen LogP contribution in [0.15, 0.2) is 78.9 Å². The minimum absolute atomic E-state index is 0.0187. The van der Waals surface area contributed by atoms with Crippen molar-refractivity contribution >= 4 is 11.8 Å². The second-order valence-corrected chi connectivity index (χ2v) is 12.4. The first-order valence-electron chi connectivity index (χ1n) is 16.5. The lowest BCUT2D eigenvalue weighted by Crippen LogP contribution is -2.43. The number of nitrogens with zero attached hydrogens (tertiary/aromatic N) is 1. The van der Waals surface area contributed by atoms with Crippen molar-refractivity contribution in [3.05, 3.63) is 107 Å². The monoisotopic (exact) mass is 647 g/mol. The number of aliphatic hydroxyl groups excluding tert-OH is 2. The maximum Gasteiger partial charge on any atom is 0.243 e. The molecule has 2 amide bonds. The average molecular weight is 648 g/mol. The number of carbonyl (C=O) groups is 2. The fourth-order valence-corrected chi connectivity index (χ4v) is 5.75. The fraction of sp³-hybridized carbons (Fsp3) is 0.459. The molecule has 0 aliphatic carbocycles. The molecule has 5 N–H and O–H groups in total. The molecule has 0 unspecified atom stereocenters. The number of hydrogen-bond acceptors (Lipinski definition) is 8. The van der Waals surface area contributed by atoms with Gasteiger partial charge in [0.15, 0.2) is 6.29 Å². The standard InChI is InChI=1S/C37H49N3O7/c1-26(36(44)30-10-6-5-7-11-30)40(2)24-32-22-33(29-18-16-28(25-41)17-19-29)47-37(46-32)31-20-14-27(15-21-31)23-38-34(42)12-8-3-4-9-13-35(43)39-45/h5-7,10-11,14-21,26,32-33,36-37,41,44-45H,3-4,8-9,12-13,22-25H2,1-2H3,(H,38,42)(H,39,43)/t26-,32+,33-,36-,37-/m1/s1. The minimum Gasteiger partial charge on any atom is -0.392 e. The maximum absolute atomic E-state index is 12.3. The highest BCUT2D eigenvalue weighted by Gasteiger charge is 2.34. The van der Waals surface area contributed by atoms with Crippen LogP contribution in [0.3, 0.4) is 0 Å².